The Morgan fingerprint density at radius 1 is 0.783 bits per heavy atom. The molecule has 0 spiro atoms. The molecule has 0 aliphatic carbocycles. The molecule has 0 unspecified atom stereocenters. The van der Waals surface area contributed by atoms with Gasteiger partial charge in [-0.3, -0.25) is 4.68 Å². The van der Waals surface area contributed by atoms with Crippen LogP contribution in [-0.4, -0.2) is 45.9 Å². The summed E-state index contributed by atoms with van der Waals surface area (Å²) in [5, 5.41) is 5.52. The molecule has 2 aliphatic heterocycles. The highest BCUT2D eigenvalue weighted by Gasteiger charge is 2.21. The summed E-state index contributed by atoms with van der Waals surface area (Å²) in [6.07, 6.45) is 10.9. The second-order valence-corrected chi connectivity index (χ2v) is 6.80. The molecule has 0 amide bonds. The fourth-order valence-corrected chi connectivity index (χ4v) is 3.75. The van der Waals surface area contributed by atoms with E-state index in [0.29, 0.717) is 0 Å². The standard InChI is InChI=1S/C17H26N6/c1-21-15-14(13-18-21)16(22-9-7-4-8-10-22)20-17(19-15)23-11-5-2-3-6-12-23/h13H,2-12H2,1H3. The van der Waals surface area contributed by atoms with Crippen LogP contribution in [0.25, 0.3) is 11.0 Å². The minimum Gasteiger partial charge on any atom is -0.356 e. The van der Waals surface area contributed by atoms with Crippen LogP contribution in [0.1, 0.15) is 44.9 Å². The number of rotatable bonds is 2. The van der Waals surface area contributed by atoms with Gasteiger partial charge in [0.15, 0.2) is 5.65 Å². The van der Waals surface area contributed by atoms with Crippen LogP contribution in [0.5, 0.6) is 0 Å². The molecule has 2 saturated heterocycles. The van der Waals surface area contributed by atoms with E-state index in [9.17, 15) is 0 Å². The first-order chi connectivity index (χ1) is 11.3. The lowest BCUT2D eigenvalue weighted by Gasteiger charge is -2.29. The van der Waals surface area contributed by atoms with Crippen molar-refractivity contribution < 1.29 is 0 Å². The quantitative estimate of drug-likeness (QED) is 0.853. The highest BCUT2D eigenvalue weighted by atomic mass is 15.3. The summed E-state index contributed by atoms with van der Waals surface area (Å²) in [6, 6.07) is 0. The van der Waals surface area contributed by atoms with E-state index in [0.717, 1.165) is 49.0 Å². The van der Waals surface area contributed by atoms with E-state index < -0.39 is 0 Å². The Bertz CT molecular complexity index is 665. The first kappa shape index (κ1) is 14.7. The molecule has 0 aromatic carbocycles. The summed E-state index contributed by atoms with van der Waals surface area (Å²) < 4.78 is 1.88. The van der Waals surface area contributed by atoms with Crippen molar-refractivity contribution in [3.63, 3.8) is 0 Å². The predicted molar refractivity (Wildman–Crippen MR) is 93.0 cm³/mol. The van der Waals surface area contributed by atoms with Gasteiger partial charge < -0.3 is 9.80 Å². The molecule has 0 radical (unpaired) electrons. The molecule has 124 valence electrons. The lowest BCUT2D eigenvalue weighted by Crippen LogP contribution is -2.32. The molecule has 0 bridgehead atoms. The van der Waals surface area contributed by atoms with Crippen LogP contribution >= 0.6 is 0 Å². The van der Waals surface area contributed by atoms with Gasteiger partial charge in [0.05, 0.1) is 11.6 Å². The van der Waals surface area contributed by atoms with E-state index in [2.05, 4.69) is 14.9 Å². The molecule has 4 rings (SSSR count). The summed E-state index contributed by atoms with van der Waals surface area (Å²) in [4.78, 5) is 14.6. The maximum Gasteiger partial charge on any atom is 0.229 e. The van der Waals surface area contributed by atoms with E-state index in [-0.39, 0.29) is 0 Å². The fourth-order valence-electron chi connectivity index (χ4n) is 3.75. The Morgan fingerprint density at radius 3 is 2.09 bits per heavy atom. The maximum atomic E-state index is 4.99. The number of nitrogens with zero attached hydrogens (tertiary/aromatic N) is 6. The lowest BCUT2D eigenvalue weighted by atomic mass is 10.1. The minimum absolute atomic E-state index is 0.892. The van der Waals surface area contributed by atoms with Crippen LogP contribution in [0.2, 0.25) is 0 Å². The highest BCUT2D eigenvalue weighted by molar-refractivity contribution is 5.88. The Labute approximate surface area is 137 Å². The second kappa shape index (κ2) is 6.34. The molecule has 2 aromatic heterocycles. The van der Waals surface area contributed by atoms with Crippen LogP contribution in [0.4, 0.5) is 11.8 Å². The van der Waals surface area contributed by atoms with E-state index in [1.54, 1.807) is 0 Å². The van der Waals surface area contributed by atoms with Crippen LogP contribution in [0.3, 0.4) is 0 Å². The molecule has 6 heteroatoms. The zero-order valence-electron chi connectivity index (χ0n) is 14.0. The van der Waals surface area contributed by atoms with Gasteiger partial charge in [-0.05, 0) is 32.1 Å². The third-order valence-corrected chi connectivity index (χ3v) is 5.10. The van der Waals surface area contributed by atoms with Gasteiger partial charge in [-0.2, -0.15) is 15.1 Å². The second-order valence-electron chi connectivity index (χ2n) is 6.80. The third kappa shape index (κ3) is 2.86. The van der Waals surface area contributed by atoms with Crippen molar-refractivity contribution in [2.45, 2.75) is 44.9 Å². The third-order valence-electron chi connectivity index (χ3n) is 5.10. The number of anilines is 2. The van der Waals surface area contributed by atoms with Gasteiger partial charge in [-0.1, -0.05) is 12.8 Å². The van der Waals surface area contributed by atoms with E-state index >= 15 is 0 Å². The SMILES string of the molecule is Cn1ncc2c(N3CCCCC3)nc(N3CCCCCC3)nc21. The topological polar surface area (TPSA) is 50.1 Å². The fraction of sp³-hybridized carbons (Fsp3) is 0.706. The molecule has 23 heavy (non-hydrogen) atoms. The molecule has 2 fully saturated rings. The summed E-state index contributed by atoms with van der Waals surface area (Å²) in [5.41, 5.74) is 0.958. The van der Waals surface area contributed by atoms with Crippen molar-refractivity contribution in [2.24, 2.45) is 7.05 Å². The summed E-state index contributed by atoms with van der Waals surface area (Å²) >= 11 is 0. The lowest BCUT2D eigenvalue weighted by molar-refractivity contribution is 0.574. The van der Waals surface area contributed by atoms with Gasteiger partial charge in [0, 0.05) is 33.2 Å². The number of aromatic nitrogens is 4. The Balaban J connectivity index is 1.76. The average Bonchev–Trinajstić information content (AvgIpc) is 2.81. The van der Waals surface area contributed by atoms with Crippen molar-refractivity contribution in [2.75, 3.05) is 36.0 Å². The molecule has 0 N–H and O–H groups in total. The van der Waals surface area contributed by atoms with E-state index in [4.69, 9.17) is 9.97 Å². The monoisotopic (exact) mass is 314 g/mol. The van der Waals surface area contributed by atoms with Crippen LogP contribution in [-0.2, 0) is 7.05 Å². The largest absolute Gasteiger partial charge is 0.356 e. The summed E-state index contributed by atoms with van der Waals surface area (Å²) in [6.45, 7) is 4.34. The van der Waals surface area contributed by atoms with E-state index in [1.807, 2.05) is 17.9 Å². The Morgan fingerprint density at radius 2 is 1.39 bits per heavy atom. The van der Waals surface area contributed by atoms with Crippen LogP contribution in [0.15, 0.2) is 6.20 Å². The molecule has 4 heterocycles. The number of hydrogen-bond donors (Lipinski definition) is 0. The molecular formula is C17H26N6. The molecule has 6 nitrogen and oxygen atoms in total. The van der Waals surface area contributed by atoms with Gasteiger partial charge >= 0.3 is 0 Å². The predicted octanol–water partition coefficient (Wildman–Crippen LogP) is 2.73. The first-order valence-electron chi connectivity index (χ1n) is 9.02. The molecular weight excluding hydrogens is 288 g/mol. The van der Waals surface area contributed by atoms with Crippen molar-refractivity contribution in [1.29, 1.82) is 0 Å². The number of aryl methyl sites for hydroxylation is 1. The zero-order valence-corrected chi connectivity index (χ0v) is 14.0. The summed E-state index contributed by atoms with van der Waals surface area (Å²) in [7, 11) is 1.97. The van der Waals surface area contributed by atoms with Gasteiger partial charge in [-0.15, -0.1) is 0 Å². The van der Waals surface area contributed by atoms with Crippen molar-refractivity contribution in [1.82, 2.24) is 19.7 Å². The van der Waals surface area contributed by atoms with E-state index in [1.165, 1.54) is 44.9 Å². The molecule has 0 saturated carbocycles. The van der Waals surface area contributed by atoms with Crippen molar-refractivity contribution in [3.05, 3.63) is 6.20 Å². The summed E-state index contributed by atoms with van der Waals surface area (Å²) in [5.74, 6) is 1.98. The van der Waals surface area contributed by atoms with Crippen molar-refractivity contribution in [3.8, 4) is 0 Å². The maximum absolute atomic E-state index is 4.99. The van der Waals surface area contributed by atoms with Gasteiger partial charge in [0.1, 0.15) is 5.82 Å². The van der Waals surface area contributed by atoms with Gasteiger partial charge in [0.25, 0.3) is 0 Å². The highest BCUT2D eigenvalue weighted by Crippen LogP contribution is 2.29. The zero-order chi connectivity index (χ0) is 15.6. The van der Waals surface area contributed by atoms with Crippen LogP contribution in [0, 0.1) is 0 Å². The first-order valence-corrected chi connectivity index (χ1v) is 9.02. The van der Waals surface area contributed by atoms with Crippen molar-refractivity contribution >= 4 is 22.8 Å². The molecule has 2 aliphatic rings. The number of hydrogen-bond acceptors (Lipinski definition) is 5. The van der Waals surface area contributed by atoms with Gasteiger partial charge in [-0.25, -0.2) is 0 Å². The normalized spacial score (nSPS) is 20.0. The molecule has 0 atom stereocenters. The number of fused-ring (bicyclic) bond motifs is 1. The van der Waals surface area contributed by atoms with Crippen LogP contribution < -0.4 is 9.80 Å². The van der Waals surface area contributed by atoms with Gasteiger partial charge in [0.2, 0.25) is 5.95 Å². The molecule has 2 aromatic rings. The smallest absolute Gasteiger partial charge is 0.229 e. The minimum atomic E-state index is 0.892. The Kier molecular flexibility index (Phi) is 4.06. The average molecular weight is 314 g/mol. The Hall–Kier alpha value is -1.85. The number of piperidine rings is 1.